The molecular formula is C12H16N2O2. The minimum absolute atomic E-state index is 0.0717. The van der Waals surface area contributed by atoms with Gasteiger partial charge in [0.05, 0.1) is 18.8 Å². The maximum absolute atomic E-state index is 11.6. The van der Waals surface area contributed by atoms with Crippen LogP contribution in [0.2, 0.25) is 0 Å². The Kier molecular flexibility index (Phi) is 3.39. The Morgan fingerprint density at radius 3 is 3.06 bits per heavy atom. The predicted octanol–water partition coefficient (Wildman–Crippen LogP) is 2.38. The minimum atomic E-state index is -0.254. The monoisotopic (exact) mass is 220 g/mol. The van der Waals surface area contributed by atoms with Crippen molar-refractivity contribution < 1.29 is 9.53 Å². The molecule has 2 heterocycles. The van der Waals surface area contributed by atoms with Crippen LogP contribution >= 0.6 is 0 Å². The predicted molar refractivity (Wildman–Crippen MR) is 59.9 cm³/mol. The molecule has 1 unspecified atom stereocenters. The highest BCUT2D eigenvalue weighted by Crippen LogP contribution is 2.29. The van der Waals surface area contributed by atoms with Crippen LogP contribution in [0.15, 0.2) is 24.4 Å². The summed E-state index contributed by atoms with van der Waals surface area (Å²) in [7, 11) is 1.42. The number of pyridine rings is 1. The molecule has 0 N–H and O–H groups in total. The summed E-state index contributed by atoms with van der Waals surface area (Å²) in [4.78, 5) is 17.7. The van der Waals surface area contributed by atoms with Gasteiger partial charge in [-0.05, 0) is 31.4 Å². The second-order valence-electron chi connectivity index (χ2n) is 3.93. The molecule has 4 heteroatoms. The minimum Gasteiger partial charge on any atom is -0.453 e. The molecular weight excluding hydrogens is 204 g/mol. The lowest BCUT2D eigenvalue weighted by molar-refractivity contribution is 0.0883. The number of methoxy groups -OCH3 is 1. The van der Waals surface area contributed by atoms with Crippen molar-refractivity contribution in [1.82, 2.24) is 9.88 Å². The number of ether oxygens (including phenoxy) is 1. The normalized spacial score (nSPS) is 20.6. The molecule has 2 rings (SSSR count). The number of amides is 1. The van der Waals surface area contributed by atoms with Gasteiger partial charge in [-0.2, -0.15) is 0 Å². The Morgan fingerprint density at radius 2 is 2.38 bits per heavy atom. The number of nitrogens with zero attached hydrogens (tertiary/aromatic N) is 2. The molecule has 86 valence electrons. The van der Waals surface area contributed by atoms with Crippen molar-refractivity contribution in [2.45, 2.75) is 25.3 Å². The summed E-state index contributed by atoms with van der Waals surface area (Å²) in [6.07, 6.45) is 4.65. The average molecular weight is 220 g/mol. The summed E-state index contributed by atoms with van der Waals surface area (Å²) in [6.45, 7) is 0.758. The van der Waals surface area contributed by atoms with Gasteiger partial charge in [-0.15, -0.1) is 0 Å². The largest absolute Gasteiger partial charge is 0.453 e. The summed E-state index contributed by atoms with van der Waals surface area (Å²) in [5.41, 5.74) is 0.951. The zero-order chi connectivity index (χ0) is 11.4. The Bertz CT molecular complexity index is 353. The number of aromatic nitrogens is 1. The first-order valence-corrected chi connectivity index (χ1v) is 5.58. The third-order valence-corrected chi connectivity index (χ3v) is 2.94. The topological polar surface area (TPSA) is 42.4 Å². The number of piperidine rings is 1. The van der Waals surface area contributed by atoms with Gasteiger partial charge in [-0.1, -0.05) is 6.07 Å². The van der Waals surface area contributed by atoms with Crippen LogP contribution in [0, 0.1) is 0 Å². The number of rotatable bonds is 1. The van der Waals surface area contributed by atoms with E-state index in [-0.39, 0.29) is 12.1 Å². The Labute approximate surface area is 95.2 Å². The van der Waals surface area contributed by atoms with E-state index in [0.717, 1.165) is 31.5 Å². The lowest BCUT2D eigenvalue weighted by Gasteiger charge is -2.34. The highest BCUT2D eigenvalue weighted by atomic mass is 16.5. The Morgan fingerprint density at radius 1 is 1.50 bits per heavy atom. The molecule has 16 heavy (non-hydrogen) atoms. The summed E-state index contributed by atoms with van der Waals surface area (Å²) >= 11 is 0. The zero-order valence-corrected chi connectivity index (χ0v) is 9.43. The number of hydrogen-bond acceptors (Lipinski definition) is 3. The van der Waals surface area contributed by atoms with E-state index in [1.807, 2.05) is 18.2 Å². The first kappa shape index (κ1) is 10.9. The van der Waals surface area contributed by atoms with Crippen molar-refractivity contribution in [3.8, 4) is 0 Å². The lowest BCUT2D eigenvalue weighted by Crippen LogP contribution is -2.38. The van der Waals surface area contributed by atoms with Gasteiger partial charge in [0.2, 0.25) is 0 Å². The highest BCUT2D eigenvalue weighted by Gasteiger charge is 2.29. The van der Waals surface area contributed by atoms with Crippen LogP contribution in [0.3, 0.4) is 0 Å². The van der Waals surface area contributed by atoms with Crippen LogP contribution in [0.1, 0.15) is 31.0 Å². The molecule has 4 nitrogen and oxygen atoms in total. The van der Waals surface area contributed by atoms with E-state index in [9.17, 15) is 4.79 Å². The molecule has 1 aliphatic rings. The first-order valence-electron chi connectivity index (χ1n) is 5.58. The van der Waals surface area contributed by atoms with E-state index >= 15 is 0 Å². The SMILES string of the molecule is COC(=O)N1CCCCC1c1ccccn1. The lowest BCUT2D eigenvalue weighted by atomic mass is 9.99. The van der Waals surface area contributed by atoms with Crippen molar-refractivity contribution >= 4 is 6.09 Å². The van der Waals surface area contributed by atoms with Crippen molar-refractivity contribution in [1.29, 1.82) is 0 Å². The quantitative estimate of drug-likeness (QED) is 0.729. The van der Waals surface area contributed by atoms with Gasteiger partial charge in [-0.25, -0.2) is 4.79 Å². The average Bonchev–Trinajstić information content (AvgIpc) is 2.39. The van der Waals surface area contributed by atoms with Crippen molar-refractivity contribution in [2.24, 2.45) is 0 Å². The molecule has 0 radical (unpaired) electrons. The van der Waals surface area contributed by atoms with Gasteiger partial charge in [0.1, 0.15) is 0 Å². The molecule has 1 aliphatic heterocycles. The summed E-state index contributed by atoms with van der Waals surface area (Å²) in [5.74, 6) is 0. The molecule has 0 spiro atoms. The van der Waals surface area contributed by atoms with Gasteiger partial charge in [0.15, 0.2) is 0 Å². The van der Waals surface area contributed by atoms with Gasteiger partial charge >= 0.3 is 6.09 Å². The maximum atomic E-state index is 11.6. The molecule has 1 aromatic rings. The van der Waals surface area contributed by atoms with Gasteiger partial charge < -0.3 is 4.74 Å². The van der Waals surface area contributed by atoms with Crippen LogP contribution in [-0.4, -0.2) is 29.6 Å². The summed E-state index contributed by atoms with van der Waals surface area (Å²) < 4.78 is 4.80. The van der Waals surface area contributed by atoms with Crippen LogP contribution in [-0.2, 0) is 4.74 Å². The highest BCUT2D eigenvalue weighted by molar-refractivity contribution is 5.68. The molecule has 1 amide bonds. The van der Waals surface area contributed by atoms with Crippen molar-refractivity contribution in [3.05, 3.63) is 30.1 Å². The van der Waals surface area contributed by atoms with E-state index in [2.05, 4.69) is 4.98 Å². The second-order valence-corrected chi connectivity index (χ2v) is 3.93. The zero-order valence-electron chi connectivity index (χ0n) is 9.43. The van der Waals surface area contributed by atoms with Gasteiger partial charge in [0, 0.05) is 12.7 Å². The molecule has 0 aliphatic carbocycles. The van der Waals surface area contributed by atoms with E-state index in [0.29, 0.717) is 0 Å². The first-order chi connectivity index (χ1) is 7.83. The summed E-state index contributed by atoms with van der Waals surface area (Å²) in [5, 5.41) is 0. The van der Waals surface area contributed by atoms with Gasteiger partial charge in [0.25, 0.3) is 0 Å². The number of carbonyl (C=O) groups is 1. The number of carbonyl (C=O) groups excluding carboxylic acids is 1. The fourth-order valence-electron chi connectivity index (χ4n) is 2.15. The fourth-order valence-corrected chi connectivity index (χ4v) is 2.15. The molecule has 0 saturated carbocycles. The van der Waals surface area contributed by atoms with Crippen LogP contribution in [0.4, 0.5) is 4.79 Å². The van der Waals surface area contributed by atoms with Gasteiger partial charge in [-0.3, -0.25) is 9.88 Å². The third-order valence-electron chi connectivity index (χ3n) is 2.94. The molecule has 1 aromatic heterocycles. The Balaban J connectivity index is 2.20. The van der Waals surface area contributed by atoms with E-state index in [4.69, 9.17) is 4.74 Å². The van der Waals surface area contributed by atoms with E-state index < -0.39 is 0 Å². The van der Waals surface area contributed by atoms with Crippen molar-refractivity contribution in [3.63, 3.8) is 0 Å². The Hall–Kier alpha value is -1.58. The molecule has 0 bridgehead atoms. The van der Waals surface area contributed by atoms with E-state index in [1.54, 1.807) is 11.1 Å². The summed E-state index contributed by atoms with van der Waals surface area (Å²) in [6, 6.07) is 5.87. The van der Waals surface area contributed by atoms with Crippen LogP contribution in [0.5, 0.6) is 0 Å². The van der Waals surface area contributed by atoms with Crippen LogP contribution < -0.4 is 0 Å². The van der Waals surface area contributed by atoms with Crippen LogP contribution in [0.25, 0.3) is 0 Å². The molecule has 1 atom stereocenters. The molecule has 0 aromatic carbocycles. The number of likely N-dealkylation sites (tertiary alicyclic amines) is 1. The molecule has 1 fully saturated rings. The molecule has 1 saturated heterocycles. The second kappa shape index (κ2) is 4.96. The number of hydrogen-bond donors (Lipinski definition) is 0. The maximum Gasteiger partial charge on any atom is 0.410 e. The fraction of sp³-hybridized carbons (Fsp3) is 0.500. The third kappa shape index (κ3) is 2.15. The van der Waals surface area contributed by atoms with Crippen molar-refractivity contribution in [2.75, 3.05) is 13.7 Å². The van der Waals surface area contributed by atoms with E-state index in [1.165, 1.54) is 7.11 Å². The standard InChI is InChI=1S/C12H16N2O2/c1-16-12(15)14-9-5-3-7-11(14)10-6-2-4-8-13-10/h2,4,6,8,11H,3,5,7,9H2,1H3. The smallest absolute Gasteiger partial charge is 0.410 e.